The summed E-state index contributed by atoms with van der Waals surface area (Å²) in [7, 11) is 0. The standard InChI is InChI=1S/C20H16ClNO5/c21-14-7-5-13(6-8-14)18-10-9-15(27-18)11-22-19(24)12-26-20(25)16-3-1-2-4-17(16)23/h1-10,23H,11-12H2,(H,22,24). The average molecular weight is 386 g/mol. The molecule has 2 N–H and O–H groups in total. The molecule has 0 fully saturated rings. The van der Waals surface area contributed by atoms with Crippen LogP contribution in [0.15, 0.2) is 65.1 Å². The van der Waals surface area contributed by atoms with Crippen LogP contribution in [0.25, 0.3) is 11.3 Å². The van der Waals surface area contributed by atoms with Gasteiger partial charge in [-0.15, -0.1) is 0 Å². The van der Waals surface area contributed by atoms with Crippen LogP contribution in [-0.2, 0) is 16.1 Å². The van der Waals surface area contributed by atoms with Crippen LogP contribution in [0.4, 0.5) is 0 Å². The second-order valence-electron chi connectivity index (χ2n) is 5.64. The number of esters is 1. The van der Waals surface area contributed by atoms with E-state index >= 15 is 0 Å². The molecular formula is C20H16ClNO5. The summed E-state index contributed by atoms with van der Waals surface area (Å²) in [5, 5.41) is 12.8. The van der Waals surface area contributed by atoms with E-state index in [-0.39, 0.29) is 17.9 Å². The Balaban J connectivity index is 1.49. The molecule has 0 aliphatic carbocycles. The average Bonchev–Trinajstić information content (AvgIpc) is 3.14. The van der Waals surface area contributed by atoms with Crippen molar-refractivity contribution in [2.75, 3.05) is 6.61 Å². The van der Waals surface area contributed by atoms with Gasteiger partial charge in [-0.1, -0.05) is 23.7 Å². The molecule has 7 heteroatoms. The summed E-state index contributed by atoms with van der Waals surface area (Å²) in [6, 6.07) is 16.7. The minimum Gasteiger partial charge on any atom is -0.507 e. The van der Waals surface area contributed by atoms with Gasteiger partial charge in [-0.05, 0) is 48.5 Å². The molecule has 0 saturated heterocycles. The van der Waals surface area contributed by atoms with Crippen molar-refractivity contribution >= 4 is 23.5 Å². The molecule has 1 heterocycles. The predicted molar refractivity (Wildman–Crippen MR) is 99.4 cm³/mol. The van der Waals surface area contributed by atoms with E-state index in [1.54, 1.807) is 36.4 Å². The lowest BCUT2D eigenvalue weighted by Crippen LogP contribution is -2.28. The van der Waals surface area contributed by atoms with Crippen LogP contribution in [0.5, 0.6) is 5.75 Å². The van der Waals surface area contributed by atoms with Gasteiger partial charge in [-0.2, -0.15) is 0 Å². The van der Waals surface area contributed by atoms with Gasteiger partial charge in [-0.3, -0.25) is 4.79 Å². The minimum atomic E-state index is -0.772. The van der Waals surface area contributed by atoms with Crippen LogP contribution in [0.2, 0.25) is 5.02 Å². The maximum Gasteiger partial charge on any atom is 0.342 e. The fraction of sp³-hybridized carbons (Fsp3) is 0.100. The number of aromatic hydroxyl groups is 1. The third kappa shape index (κ3) is 4.89. The summed E-state index contributed by atoms with van der Waals surface area (Å²) in [6.45, 7) is -0.307. The molecule has 0 aliphatic rings. The summed E-state index contributed by atoms with van der Waals surface area (Å²) >= 11 is 5.86. The Morgan fingerprint density at radius 1 is 1.04 bits per heavy atom. The monoisotopic (exact) mass is 385 g/mol. The number of ether oxygens (including phenoxy) is 1. The fourth-order valence-corrected chi connectivity index (χ4v) is 2.46. The number of phenolic OH excluding ortho intramolecular Hbond substituents is 1. The summed E-state index contributed by atoms with van der Waals surface area (Å²) in [5.41, 5.74) is 0.873. The first-order chi connectivity index (χ1) is 13.0. The lowest BCUT2D eigenvalue weighted by atomic mass is 10.2. The highest BCUT2D eigenvalue weighted by Crippen LogP contribution is 2.23. The van der Waals surface area contributed by atoms with E-state index in [2.05, 4.69) is 5.32 Å². The number of phenols is 1. The van der Waals surface area contributed by atoms with Crippen molar-refractivity contribution in [3.63, 3.8) is 0 Å². The number of halogens is 1. The van der Waals surface area contributed by atoms with Crippen molar-refractivity contribution < 1.29 is 23.8 Å². The Bertz CT molecular complexity index is 949. The van der Waals surface area contributed by atoms with E-state index in [1.165, 1.54) is 12.1 Å². The van der Waals surface area contributed by atoms with E-state index in [9.17, 15) is 14.7 Å². The van der Waals surface area contributed by atoms with E-state index < -0.39 is 18.5 Å². The number of para-hydroxylation sites is 1. The van der Waals surface area contributed by atoms with Crippen molar-refractivity contribution in [1.82, 2.24) is 5.32 Å². The van der Waals surface area contributed by atoms with E-state index in [4.69, 9.17) is 20.8 Å². The first-order valence-corrected chi connectivity index (χ1v) is 8.47. The molecule has 138 valence electrons. The molecule has 0 radical (unpaired) electrons. The third-order valence-electron chi connectivity index (χ3n) is 3.71. The number of carbonyl (C=O) groups excluding carboxylic acids is 2. The topological polar surface area (TPSA) is 88.8 Å². The van der Waals surface area contributed by atoms with Crippen LogP contribution in [0.3, 0.4) is 0 Å². The zero-order valence-electron chi connectivity index (χ0n) is 14.1. The minimum absolute atomic E-state index is 0.00365. The van der Waals surface area contributed by atoms with Gasteiger partial charge < -0.3 is 19.6 Å². The molecule has 2 aromatic carbocycles. The van der Waals surface area contributed by atoms with Gasteiger partial charge in [0.1, 0.15) is 22.8 Å². The first kappa shape index (κ1) is 18.5. The van der Waals surface area contributed by atoms with Gasteiger partial charge >= 0.3 is 5.97 Å². The Morgan fingerprint density at radius 2 is 1.78 bits per heavy atom. The largest absolute Gasteiger partial charge is 0.507 e. The number of hydrogen-bond acceptors (Lipinski definition) is 5. The number of nitrogens with one attached hydrogen (secondary N) is 1. The van der Waals surface area contributed by atoms with Gasteiger partial charge in [-0.25, -0.2) is 4.79 Å². The molecule has 0 bridgehead atoms. The zero-order chi connectivity index (χ0) is 19.2. The number of hydrogen-bond donors (Lipinski definition) is 2. The summed E-state index contributed by atoms with van der Waals surface area (Å²) in [6.07, 6.45) is 0. The van der Waals surface area contributed by atoms with Crippen LogP contribution < -0.4 is 5.32 Å². The Morgan fingerprint density at radius 3 is 2.52 bits per heavy atom. The molecule has 3 rings (SSSR count). The van der Waals surface area contributed by atoms with Gasteiger partial charge in [0.25, 0.3) is 5.91 Å². The second-order valence-corrected chi connectivity index (χ2v) is 6.08. The van der Waals surface area contributed by atoms with E-state index in [1.807, 2.05) is 12.1 Å². The van der Waals surface area contributed by atoms with Gasteiger partial charge in [0.2, 0.25) is 0 Å². The number of amides is 1. The fourth-order valence-electron chi connectivity index (χ4n) is 2.33. The van der Waals surface area contributed by atoms with E-state index in [0.717, 1.165) is 5.56 Å². The van der Waals surface area contributed by atoms with Gasteiger partial charge in [0, 0.05) is 10.6 Å². The van der Waals surface area contributed by atoms with Crippen molar-refractivity contribution in [3.05, 3.63) is 77.0 Å². The van der Waals surface area contributed by atoms with Crippen LogP contribution >= 0.6 is 11.6 Å². The zero-order valence-corrected chi connectivity index (χ0v) is 14.9. The van der Waals surface area contributed by atoms with E-state index in [0.29, 0.717) is 16.5 Å². The smallest absolute Gasteiger partial charge is 0.342 e. The van der Waals surface area contributed by atoms with Crippen LogP contribution in [0.1, 0.15) is 16.1 Å². The lowest BCUT2D eigenvalue weighted by Gasteiger charge is -2.06. The molecule has 1 amide bonds. The number of furan rings is 1. The molecule has 27 heavy (non-hydrogen) atoms. The summed E-state index contributed by atoms with van der Waals surface area (Å²) < 4.78 is 10.6. The Labute approximate surface area is 160 Å². The molecule has 3 aromatic rings. The lowest BCUT2D eigenvalue weighted by molar-refractivity contribution is -0.124. The first-order valence-electron chi connectivity index (χ1n) is 8.09. The van der Waals surface area contributed by atoms with Crippen molar-refractivity contribution in [1.29, 1.82) is 0 Å². The molecule has 6 nitrogen and oxygen atoms in total. The highest BCUT2D eigenvalue weighted by molar-refractivity contribution is 6.30. The highest BCUT2D eigenvalue weighted by atomic mass is 35.5. The predicted octanol–water partition coefficient (Wildman–Crippen LogP) is 3.78. The highest BCUT2D eigenvalue weighted by Gasteiger charge is 2.14. The molecule has 0 atom stereocenters. The Hall–Kier alpha value is -3.25. The van der Waals surface area contributed by atoms with Crippen LogP contribution in [-0.4, -0.2) is 23.6 Å². The maximum absolute atomic E-state index is 11.8. The summed E-state index contributed by atoms with van der Waals surface area (Å²) in [4.78, 5) is 23.7. The maximum atomic E-state index is 11.8. The number of benzene rings is 2. The number of carbonyl (C=O) groups is 2. The van der Waals surface area contributed by atoms with Crippen molar-refractivity contribution in [2.45, 2.75) is 6.54 Å². The second kappa shape index (κ2) is 8.42. The molecule has 0 unspecified atom stereocenters. The molecule has 0 aliphatic heterocycles. The SMILES string of the molecule is O=C(COC(=O)c1ccccc1O)NCc1ccc(-c2ccc(Cl)cc2)o1. The van der Waals surface area contributed by atoms with Gasteiger partial charge in [0.15, 0.2) is 6.61 Å². The molecule has 0 spiro atoms. The van der Waals surface area contributed by atoms with Gasteiger partial charge in [0.05, 0.1) is 6.54 Å². The van der Waals surface area contributed by atoms with Crippen molar-refractivity contribution in [2.24, 2.45) is 0 Å². The molecular weight excluding hydrogens is 370 g/mol. The normalized spacial score (nSPS) is 10.4. The van der Waals surface area contributed by atoms with Crippen LogP contribution in [0, 0.1) is 0 Å². The Kier molecular flexibility index (Phi) is 5.78. The molecule has 0 saturated carbocycles. The van der Waals surface area contributed by atoms with Crippen molar-refractivity contribution in [3.8, 4) is 17.1 Å². The number of rotatable bonds is 6. The molecule has 1 aromatic heterocycles. The quantitative estimate of drug-likeness (QED) is 0.630. The summed E-state index contributed by atoms with van der Waals surface area (Å²) in [5.74, 6) is -0.245. The third-order valence-corrected chi connectivity index (χ3v) is 3.96.